The Morgan fingerprint density at radius 1 is 1.27 bits per heavy atom. The lowest BCUT2D eigenvalue weighted by molar-refractivity contribution is -0.118. The fourth-order valence-corrected chi connectivity index (χ4v) is 2.93. The van der Waals surface area contributed by atoms with Crippen LogP contribution < -0.4 is 20.3 Å². The van der Waals surface area contributed by atoms with Crippen LogP contribution in [0.15, 0.2) is 42.5 Å². The normalized spacial score (nSPS) is 16.5. The van der Waals surface area contributed by atoms with Crippen molar-refractivity contribution in [1.29, 1.82) is 0 Å². The van der Waals surface area contributed by atoms with Gasteiger partial charge in [-0.15, -0.1) is 0 Å². The highest BCUT2D eigenvalue weighted by atomic mass is 19.1. The van der Waals surface area contributed by atoms with Crippen molar-refractivity contribution in [2.75, 3.05) is 23.9 Å². The number of anilines is 2. The summed E-state index contributed by atoms with van der Waals surface area (Å²) in [5.41, 5.74) is 1.62. The summed E-state index contributed by atoms with van der Waals surface area (Å²) in [6, 6.07) is 10.4. The number of amides is 3. The minimum Gasteiger partial charge on any atom is -0.495 e. The molecule has 1 aliphatic rings. The molecule has 26 heavy (non-hydrogen) atoms. The number of rotatable bonds is 4. The van der Waals surface area contributed by atoms with Gasteiger partial charge in [0.15, 0.2) is 0 Å². The Hall–Kier alpha value is -3.09. The van der Waals surface area contributed by atoms with E-state index in [-0.39, 0.29) is 11.7 Å². The standard InChI is InChI=1S/C19H20FN3O3/c1-12-11-13(7-8-14(12)20)23-10-9-16(18(23)24)22-19(25)21-15-5-3-4-6-17(15)26-2/h3-8,11,16H,9-10H2,1-2H3,(H2,21,22,25). The van der Waals surface area contributed by atoms with Gasteiger partial charge in [0.05, 0.1) is 12.8 Å². The smallest absolute Gasteiger partial charge is 0.319 e. The summed E-state index contributed by atoms with van der Waals surface area (Å²) in [5.74, 6) is 0.00116. The van der Waals surface area contributed by atoms with Gasteiger partial charge in [0.25, 0.3) is 0 Å². The van der Waals surface area contributed by atoms with Crippen LogP contribution in [0.3, 0.4) is 0 Å². The van der Waals surface area contributed by atoms with Crippen molar-refractivity contribution < 1.29 is 18.7 Å². The molecule has 3 rings (SSSR count). The van der Waals surface area contributed by atoms with Gasteiger partial charge in [-0.1, -0.05) is 12.1 Å². The van der Waals surface area contributed by atoms with E-state index >= 15 is 0 Å². The maximum absolute atomic E-state index is 13.4. The first-order chi connectivity index (χ1) is 12.5. The fraction of sp³-hybridized carbons (Fsp3) is 0.263. The topological polar surface area (TPSA) is 70.7 Å². The number of benzene rings is 2. The van der Waals surface area contributed by atoms with Gasteiger partial charge in [-0.05, 0) is 49.2 Å². The zero-order valence-electron chi connectivity index (χ0n) is 14.6. The molecule has 1 unspecified atom stereocenters. The summed E-state index contributed by atoms with van der Waals surface area (Å²) in [7, 11) is 1.52. The maximum atomic E-state index is 13.4. The van der Waals surface area contributed by atoms with E-state index in [2.05, 4.69) is 10.6 Å². The molecular weight excluding hydrogens is 337 g/mol. The molecule has 0 aliphatic carbocycles. The summed E-state index contributed by atoms with van der Waals surface area (Å²) in [5, 5.41) is 5.37. The monoisotopic (exact) mass is 357 g/mol. The quantitative estimate of drug-likeness (QED) is 0.883. The highest BCUT2D eigenvalue weighted by molar-refractivity contribution is 6.02. The number of ether oxygens (including phenoxy) is 1. The Kier molecular flexibility index (Phi) is 5.06. The second-order valence-electron chi connectivity index (χ2n) is 6.06. The fourth-order valence-electron chi connectivity index (χ4n) is 2.93. The number of nitrogens with one attached hydrogen (secondary N) is 2. The van der Waals surface area contributed by atoms with Gasteiger partial charge >= 0.3 is 6.03 Å². The third-order valence-electron chi connectivity index (χ3n) is 4.32. The van der Waals surface area contributed by atoms with Gasteiger partial charge in [-0.25, -0.2) is 9.18 Å². The molecule has 2 aromatic carbocycles. The SMILES string of the molecule is COc1ccccc1NC(=O)NC1CCN(c2ccc(F)c(C)c2)C1=O. The summed E-state index contributed by atoms with van der Waals surface area (Å²) in [4.78, 5) is 26.4. The molecule has 6 nitrogen and oxygen atoms in total. The predicted octanol–water partition coefficient (Wildman–Crippen LogP) is 3.07. The number of carbonyl (C=O) groups is 2. The predicted molar refractivity (Wildman–Crippen MR) is 97.0 cm³/mol. The third kappa shape index (κ3) is 3.61. The molecule has 1 heterocycles. The van der Waals surface area contributed by atoms with Gasteiger partial charge in [-0.2, -0.15) is 0 Å². The second kappa shape index (κ2) is 7.43. The van der Waals surface area contributed by atoms with Crippen molar-refractivity contribution in [3.63, 3.8) is 0 Å². The van der Waals surface area contributed by atoms with E-state index in [4.69, 9.17) is 4.74 Å². The lowest BCUT2D eigenvalue weighted by Crippen LogP contribution is -2.43. The molecule has 0 spiro atoms. The van der Waals surface area contributed by atoms with Crippen molar-refractivity contribution in [2.45, 2.75) is 19.4 Å². The molecule has 0 aromatic heterocycles. The number of hydrogen-bond donors (Lipinski definition) is 2. The average molecular weight is 357 g/mol. The number of halogens is 1. The van der Waals surface area contributed by atoms with Gasteiger partial charge in [-0.3, -0.25) is 4.79 Å². The first kappa shape index (κ1) is 17.7. The maximum Gasteiger partial charge on any atom is 0.319 e. The zero-order chi connectivity index (χ0) is 18.7. The van der Waals surface area contributed by atoms with Gasteiger partial charge in [0.1, 0.15) is 17.6 Å². The van der Waals surface area contributed by atoms with E-state index in [1.165, 1.54) is 13.2 Å². The van der Waals surface area contributed by atoms with Crippen molar-refractivity contribution in [1.82, 2.24) is 5.32 Å². The van der Waals surface area contributed by atoms with Crippen LogP contribution in [0.5, 0.6) is 5.75 Å². The third-order valence-corrected chi connectivity index (χ3v) is 4.32. The molecule has 2 N–H and O–H groups in total. The number of nitrogens with zero attached hydrogens (tertiary/aromatic N) is 1. The second-order valence-corrected chi connectivity index (χ2v) is 6.06. The number of aryl methyl sites for hydroxylation is 1. The summed E-state index contributed by atoms with van der Waals surface area (Å²) >= 11 is 0. The Morgan fingerprint density at radius 3 is 2.77 bits per heavy atom. The van der Waals surface area contributed by atoms with E-state index in [1.807, 2.05) is 0 Å². The number of methoxy groups -OCH3 is 1. The van der Waals surface area contributed by atoms with Crippen molar-refractivity contribution in [3.8, 4) is 5.75 Å². The molecule has 3 amide bonds. The molecule has 136 valence electrons. The van der Waals surface area contributed by atoms with E-state index in [0.717, 1.165) is 0 Å². The Bertz CT molecular complexity index is 841. The van der Waals surface area contributed by atoms with Gasteiger partial charge in [0, 0.05) is 12.2 Å². The zero-order valence-corrected chi connectivity index (χ0v) is 14.6. The Balaban J connectivity index is 1.65. The van der Waals surface area contributed by atoms with Gasteiger partial charge < -0.3 is 20.3 Å². The number of hydrogen-bond acceptors (Lipinski definition) is 3. The van der Waals surface area contributed by atoms with Crippen LogP contribution in [-0.4, -0.2) is 31.6 Å². The molecule has 1 aliphatic heterocycles. The van der Waals surface area contributed by atoms with Crippen LogP contribution in [-0.2, 0) is 4.79 Å². The summed E-state index contributed by atoms with van der Waals surface area (Å²) in [6.45, 7) is 2.11. The van der Waals surface area contributed by atoms with E-state index < -0.39 is 12.1 Å². The van der Waals surface area contributed by atoms with Crippen LogP contribution in [0.25, 0.3) is 0 Å². The van der Waals surface area contributed by atoms with Crippen molar-refractivity contribution >= 4 is 23.3 Å². The number of para-hydroxylation sites is 2. The molecular formula is C19H20FN3O3. The average Bonchev–Trinajstić information content (AvgIpc) is 2.98. The highest BCUT2D eigenvalue weighted by Crippen LogP contribution is 2.25. The van der Waals surface area contributed by atoms with Crippen LogP contribution in [0.4, 0.5) is 20.6 Å². The molecule has 1 saturated heterocycles. The van der Waals surface area contributed by atoms with Gasteiger partial charge in [0.2, 0.25) is 5.91 Å². The van der Waals surface area contributed by atoms with E-state index in [0.29, 0.717) is 35.7 Å². The Morgan fingerprint density at radius 2 is 2.04 bits per heavy atom. The molecule has 2 aromatic rings. The largest absolute Gasteiger partial charge is 0.495 e. The van der Waals surface area contributed by atoms with Crippen LogP contribution in [0.1, 0.15) is 12.0 Å². The lowest BCUT2D eigenvalue weighted by atomic mass is 10.2. The lowest BCUT2D eigenvalue weighted by Gasteiger charge is -2.18. The van der Waals surface area contributed by atoms with Crippen LogP contribution in [0, 0.1) is 12.7 Å². The number of carbonyl (C=O) groups excluding carboxylic acids is 2. The first-order valence-electron chi connectivity index (χ1n) is 8.27. The van der Waals surface area contributed by atoms with Crippen molar-refractivity contribution in [3.05, 3.63) is 53.8 Å². The minimum atomic E-state index is -0.630. The molecule has 0 radical (unpaired) electrons. The van der Waals surface area contributed by atoms with E-state index in [9.17, 15) is 14.0 Å². The molecule has 1 atom stereocenters. The molecule has 7 heteroatoms. The molecule has 1 fully saturated rings. The molecule has 0 bridgehead atoms. The molecule has 0 saturated carbocycles. The van der Waals surface area contributed by atoms with Crippen LogP contribution >= 0.6 is 0 Å². The Labute approximate surface area is 150 Å². The number of urea groups is 1. The van der Waals surface area contributed by atoms with E-state index in [1.54, 1.807) is 48.2 Å². The minimum absolute atomic E-state index is 0.216. The highest BCUT2D eigenvalue weighted by Gasteiger charge is 2.33. The summed E-state index contributed by atoms with van der Waals surface area (Å²) in [6.07, 6.45) is 0.481. The summed E-state index contributed by atoms with van der Waals surface area (Å²) < 4.78 is 18.6. The van der Waals surface area contributed by atoms with Crippen LogP contribution in [0.2, 0.25) is 0 Å². The first-order valence-corrected chi connectivity index (χ1v) is 8.27. The van der Waals surface area contributed by atoms with Crippen molar-refractivity contribution in [2.24, 2.45) is 0 Å².